The molecule has 2 aliphatic heterocycles. The fourth-order valence-electron chi connectivity index (χ4n) is 4.11. The molecule has 3 N–H and O–H groups in total. The van der Waals surface area contributed by atoms with Crippen molar-refractivity contribution in [1.29, 1.82) is 0 Å². The molecule has 0 radical (unpaired) electrons. The van der Waals surface area contributed by atoms with E-state index in [2.05, 4.69) is 10.4 Å². The van der Waals surface area contributed by atoms with Gasteiger partial charge in [0.15, 0.2) is 0 Å². The van der Waals surface area contributed by atoms with Crippen LogP contribution < -0.4 is 11.1 Å². The first-order chi connectivity index (χ1) is 15.1. The van der Waals surface area contributed by atoms with Gasteiger partial charge in [-0.3, -0.25) is 14.4 Å². The fraction of sp³-hybridized carbons (Fsp3) is 0.565. The minimum absolute atomic E-state index is 0.0000315. The number of rotatable bonds is 8. The maximum atomic E-state index is 13.5. The van der Waals surface area contributed by atoms with Gasteiger partial charge in [0.1, 0.15) is 11.5 Å². The summed E-state index contributed by atoms with van der Waals surface area (Å²) in [5.74, 6) is -0.832. The summed E-state index contributed by atoms with van der Waals surface area (Å²) in [6, 6.07) is 8.68. The molecule has 0 aromatic heterocycles. The van der Waals surface area contributed by atoms with Crippen molar-refractivity contribution in [3.05, 3.63) is 35.9 Å². The lowest BCUT2D eigenvalue weighted by atomic mass is 9.75. The molecule has 32 heavy (non-hydrogen) atoms. The highest BCUT2D eigenvalue weighted by atomic mass is 16.5. The topological polar surface area (TPSA) is 117 Å². The zero-order valence-corrected chi connectivity index (χ0v) is 19.3. The first kappa shape index (κ1) is 23.9. The Morgan fingerprint density at radius 2 is 2.00 bits per heavy atom. The summed E-state index contributed by atoms with van der Waals surface area (Å²) in [7, 11) is 1.64. The number of fused-ring (bicyclic) bond motifs is 1. The van der Waals surface area contributed by atoms with Gasteiger partial charge in [-0.15, -0.1) is 0 Å². The van der Waals surface area contributed by atoms with Crippen LogP contribution in [0.4, 0.5) is 0 Å². The first-order valence-corrected chi connectivity index (χ1v) is 10.9. The van der Waals surface area contributed by atoms with Crippen molar-refractivity contribution in [1.82, 2.24) is 15.2 Å². The van der Waals surface area contributed by atoms with Gasteiger partial charge >= 0.3 is 0 Å². The summed E-state index contributed by atoms with van der Waals surface area (Å²) in [4.78, 5) is 40.5. The van der Waals surface area contributed by atoms with Gasteiger partial charge in [0.05, 0.1) is 24.5 Å². The maximum Gasteiger partial charge on any atom is 0.256 e. The molecule has 1 aromatic rings. The summed E-state index contributed by atoms with van der Waals surface area (Å²) in [6.45, 7) is 6.07. The SMILES string of the molecule is CC[C@@]12CN(C(=O)C(COCc3ccccc3)NC(=O)C(C)(C)N)CCC1=NN(C)C2=O. The van der Waals surface area contributed by atoms with Crippen LogP contribution >= 0.6 is 0 Å². The van der Waals surface area contributed by atoms with Gasteiger partial charge in [0.2, 0.25) is 11.8 Å². The second-order valence-electron chi connectivity index (χ2n) is 9.07. The molecule has 1 fully saturated rings. The second kappa shape index (κ2) is 9.38. The Labute approximate surface area is 188 Å². The van der Waals surface area contributed by atoms with Crippen LogP contribution in [0.25, 0.3) is 0 Å². The third kappa shape index (κ3) is 4.83. The summed E-state index contributed by atoms with van der Waals surface area (Å²) in [5, 5.41) is 8.50. The summed E-state index contributed by atoms with van der Waals surface area (Å²) in [5.41, 5.74) is 5.77. The van der Waals surface area contributed by atoms with E-state index in [1.165, 1.54) is 5.01 Å². The van der Waals surface area contributed by atoms with Crippen molar-refractivity contribution in [2.45, 2.75) is 51.8 Å². The molecule has 3 rings (SSSR count). The van der Waals surface area contributed by atoms with Gasteiger partial charge in [0, 0.05) is 26.6 Å². The number of benzene rings is 1. The molecule has 1 unspecified atom stereocenters. The third-order valence-electron chi connectivity index (χ3n) is 6.11. The lowest BCUT2D eigenvalue weighted by Crippen LogP contribution is -2.61. The number of hydrazone groups is 1. The fourth-order valence-corrected chi connectivity index (χ4v) is 4.11. The Bertz CT molecular complexity index is 895. The molecule has 0 spiro atoms. The number of nitrogens with two attached hydrogens (primary N) is 1. The van der Waals surface area contributed by atoms with E-state index in [1.54, 1.807) is 25.8 Å². The van der Waals surface area contributed by atoms with Crippen molar-refractivity contribution in [2.24, 2.45) is 16.3 Å². The van der Waals surface area contributed by atoms with Crippen LogP contribution in [0.1, 0.15) is 39.2 Å². The standard InChI is InChI=1S/C23H33N5O4/c1-5-23-15-28(12-11-18(23)26-27(4)21(23)31)19(29)17(25-20(30)22(2,3)24)14-32-13-16-9-7-6-8-10-16/h6-10,17H,5,11-15,24H2,1-4H3,(H,25,30)/t17?,23-/m1/s1. The van der Waals surface area contributed by atoms with Crippen LogP contribution in [-0.4, -0.2) is 71.7 Å². The third-order valence-corrected chi connectivity index (χ3v) is 6.11. The zero-order chi connectivity index (χ0) is 23.5. The molecule has 2 atom stereocenters. The Morgan fingerprint density at radius 1 is 1.31 bits per heavy atom. The van der Waals surface area contributed by atoms with Gasteiger partial charge in [-0.2, -0.15) is 5.10 Å². The van der Waals surface area contributed by atoms with E-state index in [0.29, 0.717) is 26.0 Å². The monoisotopic (exact) mass is 443 g/mol. The van der Waals surface area contributed by atoms with Gasteiger partial charge in [-0.1, -0.05) is 37.3 Å². The van der Waals surface area contributed by atoms with Gasteiger partial charge < -0.3 is 20.7 Å². The lowest BCUT2D eigenvalue weighted by molar-refractivity contribution is -0.143. The Morgan fingerprint density at radius 3 is 2.62 bits per heavy atom. The van der Waals surface area contributed by atoms with Crippen LogP contribution in [-0.2, 0) is 25.7 Å². The van der Waals surface area contributed by atoms with Crippen LogP contribution in [0, 0.1) is 5.41 Å². The molecular formula is C23H33N5O4. The molecule has 9 nitrogen and oxygen atoms in total. The molecule has 0 bridgehead atoms. The molecule has 3 amide bonds. The average Bonchev–Trinajstić information content (AvgIpc) is 3.02. The average molecular weight is 444 g/mol. The number of nitrogens with zero attached hydrogens (tertiary/aromatic N) is 3. The molecule has 2 heterocycles. The highest BCUT2D eigenvalue weighted by Gasteiger charge is 2.52. The van der Waals surface area contributed by atoms with Crippen molar-refractivity contribution in [3.8, 4) is 0 Å². The highest BCUT2D eigenvalue weighted by molar-refractivity contribution is 6.13. The minimum atomic E-state index is -1.14. The normalized spacial score (nSPS) is 21.8. The Kier molecular flexibility index (Phi) is 7.00. The number of nitrogens with one attached hydrogen (secondary N) is 1. The molecule has 1 saturated heterocycles. The number of hydrogen-bond donors (Lipinski definition) is 2. The Balaban J connectivity index is 1.74. The largest absolute Gasteiger partial charge is 0.374 e. The maximum absolute atomic E-state index is 13.5. The molecule has 9 heteroatoms. The number of carbonyl (C=O) groups is 3. The molecule has 0 saturated carbocycles. The molecule has 0 aliphatic carbocycles. The van der Waals surface area contributed by atoms with Gasteiger partial charge in [-0.05, 0) is 25.8 Å². The smallest absolute Gasteiger partial charge is 0.256 e. The van der Waals surface area contributed by atoms with Crippen molar-refractivity contribution < 1.29 is 19.1 Å². The zero-order valence-electron chi connectivity index (χ0n) is 19.3. The van der Waals surface area contributed by atoms with E-state index >= 15 is 0 Å². The summed E-state index contributed by atoms with van der Waals surface area (Å²) < 4.78 is 5.78. The van der Waals surface area contributed by atoms with Crippen LogP contribution in [0.2, 0.25) is 0 Å². The predicted molar refractivity (Wildman–Crippen MR) is 120 cm³/mol. The Hall–Kier alpha value is -2.78. The molecule has 174 valence electrons. The van der Waals surface area contributed by atoms with E-state index in [4.69, 9.17) is 10.5 Å². The van der Waals surface area contributed by atoms with Gasteiger partial charge in [-0.25, -0.2) is 5.01 Å². The minimum Gasteiger partial charge on any atom is -0.374 e. The molecule has 2 aliphatic rings. The number of hydrogen-bond acceptors (Lipinski definition) is 6. The van der Waals surface area contributed by atoms with E-state index in [1.807, 2.05) is 37.3 Å². The predicted octanol–water partition coefficient (Wildman–Crippen LogP) is 0.882. The first-order valence-electron chi connectivity index (χ1n) is 10.9. The number of amides is 3. The van der Waals surface area contributed by atoms with E-state index in [9.17, 15) is 14.4 Å². The van der Waals surface area contributed by atoms with Crippen LogP contribution in [0.5, 0.6) is 0 Å². The van der Waals surface area contributed by atoms with Crippen molar-refractivity contribution >= 4 is 23.4 Å². The highest BCUT2D eigenvalue weighted by Crippen LogP contribution is 2.37. The van der Waals surface area contributed by atoms with E-state index in [0.717, 1.165) is 11.3 Å². The molecule has 1 aromatic carbocycles. The number of carbonyl (C=O) groups excluding carboxylic acids is 3. The van der Waals surface area contributed by atoms with Crippen LogP contribution in [0.15, 0.2) is 35.4 Å². The molecular weight excluding hydrogens is 410 g/mol. The quantitative estimate of drug-likeness (QED) is 0.619. The lowest BCUT2D eigenvalue weighted by Gasteiger charge is -2.40. The number of piperidine rings is 1. The number of ether oxygens (including phenoxy) is 1. The van der Waals surface area contributed by atoms with Crippen LogP contribution in [0.3, 0.4) is 0 Å². The van der Waals surface area contributed by atoms with Crippen molar-refractivity contribution in [3.63, 3.8) is 0 Å². The summed E-state index contributed by atoms with van der Waals surface area (Å²) >= 11 is 0. The second-order valence-corrected chi connectivity index (χ2v) is 9.07. The van der Waals surface area contributed by atoms with Crippen molar-refractivity contribution in [2.75, 3.05) is 26.7 Å². The van der Waals surface area contributed by atoms with E-state index in [-0.39, 0.29) is 25.0 Å². The van der Waals surface area contributed by atoms with E-state index < -0.39 is 22.9 Å². The summed E-state index contributed by atoms with van der Waals surface area (Å²) in [6.07, 6.45) is 1.07. The van der Waals surface area contributed by atoms with Gasteiger partial charge in [0.25, 0.3) is 5.91 Å². The number of likely N-dealkylation sites (tertiary alicyclic amines) is 1.